The van der Waals surface area contributed by atoms with Crippen molar-refractivity contribution in [2.75, 3.05) is 0 Å². The molecule has 0 N–H and O–H groups in total. The Hall–Kier alpha value is -2.15. The van der Waals surface area contributed by atoms with Crippen LogP contribution in [-0.4, -0.2) is 0 Å². The van der Waals surface area contributed by atoms with Crippen LogP contribution in [0, 0.1) is 12.8 Å². The number of alkyl halides is 1. The van der Waals surface area contributed by atoms with Crippen molar-refractivity contribution in [3.8, 4) is 0 Å². The topological polar surface area (TPSA) is 0 Å². The van der Waals surface area contributed by atoms with Gasteiger partial charge < -0.3 is 0 Å². The molecule has 0 spiro atoms. The number of allylic oxidation sites excluding steroid dienone is 4. The van der Waals surface area contributed by atoms with Gasteiger partial charge in [-0.2, -0.15) is 0 Å². The molecule has 1 aliphatic rings. The second kappa shape index (κ2) is 7.61. The predicted octanol–water partition coefficient (Wildman–Crippen LogP) is 6.51. The molecule has 0 amide bonds. The van der Waals surface area contributed by atoms with Crippen LogP contribution < -0.4 is 0 Å². The lowest BCUT2D eigenvalue weighted by molar-refractivity contribution is 0.402. The molecule has 0 aliphatic heterocycles. The Morgan fingerprint density at radius 2 is 1.58 bits per heavy atom. The van der Waals surface area contributed by atoms with Crippen molar-refractivity contribution >= 4 is 0 Å². The third-order valence-corrected chi connectivity index (χ3v) is 4.86. The van der Waals surface area contributed by atoms with Crippen LogP contribution in [0.4, 0.5) is 4.39 Å². The highest BCUT2D eigenvalue weighted by Crippen LogP contribution is 2.28. The lowest BCUT2D eigenvalue weighted by Crippen LogP contribution is -2.05. The van der Waals surface area contributed by atoms with Gasteiger partial charge in [0.2, 0.25) is 0 Å². The summed E-state index contributed by atoms with van der Waals surface area (Å²) >= 11 is 0. The Morgan fingerprint density at radius 3 is 2.17 bits per heavy atom. The Morgan fingerprint density at radius 1 is 0.958 bits per heavy atom. The summed E-state index contributed by atoms with van der Waals surface area (Å²) in [5.74, 6) is 0.541. The largest absolute Gasteiger partial charge is 0.237 e. The molecule has 0 heterocycles. The van der Waals surface area contributed by atoms with Gasteiger partial charge in [-0.25, -0.2) is 4.39 Å². The maximum absolute atomic E-state index is 14.7. The Bertz CT molecular complexity index is 720. The molecule has 124 valence electrons. The van der Waals surface area contributed by atoms with Gasteiger partial charge in [-0.3, -0.25) is 0 Å². The second-order valence-corrected chi connectivity index (χ2v) is 6.83. The molecule has 2 aromatic carbocycles. The van der Waals surface area contributed by atoms with Crippen LogP contribution in [-0.2, 0) is 6.42 Å². The number of rotatable bonds is 5. The molecule has 1 aliphatic carbocycles. The first-order valence-electron chi connectivity index (χ1n) is 8.78. The summed E-state index contributed by atoms with van der Waals surface area (Å²) in [6.45, 7) is 4.30. The molecule has 0 radical (unpaired) electrons. The minimum Gasteiger partial charge on any atom is -0.237 e. The summed E-state index contributed by atoms with van der Waals surface area (Å²) in [6.07, 6.45) is 8.90. The van der Waals surface area contributed by atoms with E-state index >= 15 is 0 Å². The Kier molecular flexibility index (Phi) is 5.30. The smallest absolute Gasteiger partial charge is 0.150 e. The van der Waals surface area contributed by atoms with E-state index in [2.05, 4.69) is 37.3 Å². The van der Waals surface area contributed by atoms with Gasteiger partial charge in [0.1, 0.15) is 0 Å². The van der Waals surface area contributed by atoms with E-state index in [0.717, 1.165) is 36.0 Å². The van der Waals surface area contributed by atoms with Gasteiger partial charge in [0.25, 0.3) is 0 Å². The first kappa shape index (κ1) is 16.7. The van der Waals surface area contributed by atoms with Gasteiger partial charge in [0.15, 0.2) is 6.17 Å². The van der Waals surface area contributed by atoms with Crippen LogP contribution >= 0.6 is 0 Å². The molecule has 3 rings (SSSR count). The lowest BCUT2D eigenvalue weighted by atomic mass is 9.88. The quantitative estimate of drug-likeness (QED) is 0.589. The minimum atomic E-state index is -1.05. The molecule has 0 fully saturated rings. The highest BCUT2D eigenvalue weighted by atomic mass is 19.1. The van der Waals surface area contributed by atoms with Crippen molar-refractivity contribution in [3.05, 3.63) is 94.6 Å². The number of aryl methyl sites for hydroxylation is 1. The summed E-state index contributed by atoms with van der Waals surface area (Å²) < 4.78 is 14.7. The average Bonchev–Trinajstić information content (AvgIpc) is 2.63. The molecule has 2 aromatic rings. The highest BCUT2D eigenvalue weighted by Gasteiger charge is 2.14. The second-order valence-electron chi connectivity index (χ2n) is 6.83. The van der Waals surface area contributed by atoms with E-state index in [-0.39, 0.29) is 0 Å². The molecular weight excluding hydrogens is 295 g/mol. The summed E-state index contributed by atoms with van der Waals surface area (Å²) in [5.41, 5.74) is 5.40. The van der Waals surface area contributed by atoms with Crippen molar-refractivity contribution in [2.24, 2.45) is 5.92 Å². The number of hydrogen-bond donors (Lipinski definition) is 0. The average molecular weight is 320 g/mol. The van der Waals surface area contributed by atoms with Crippen LogP contribution in [0.3, 0.4) is 0 Å². The fourth-order valence-corrected chi connectivity index (χ4v) is 3.27. The van der Waals surface area contributed by atoms with Gasteiger partial charge in [-0.1, -0.05) is 84.8 Å². The summed E-state index contributed by atoms with van der Waals surface area (Å²) in [5, 5.41) is 0. The Labute approximate surface area is 144 Å². The normalized spacial score (nSPS) is 16.5. The highest BCUT2D eigenvalue weighted by molar-refractivity contribution is 5.34. The minimum absolute atomic E-state index is 0.541. The van der Waals surface area contributed by atoms with E-state index in [1.54, 1.807) is 0 Å². The third-order valence-electron chi connectivity index (χ3n) is 4.86. The zero-order valence-corrected chi connectivity index (χ0v) is 14.5. The van der Waals surface area contributed by atoms with E-state index in [0.29, 0.717) is 5.92 Å². The van der Waals surface area contributed by atoms with Gasteiger partial charge >= 0.3 is 0 Å². The molecule has 1 heteroatoms. The van der Waals surface area contributed by atoms with Gasteiger partial charge in [0, 0.05) is 0 Å². The molecule has 0 bridgehead atoms. The number of benzene rings is 2. The molecule has 24 heavy (non-hydrogen) atoms. The first-order chi connectivity index (χ1) is 11.6. The standard InChI is InChI=1S/C23H25F/c1-17-8-12-21(13-9-17)23(24)22-14-10-19(11-15-22)16-18(2)20-6-4-3-5-7-20/h3-4,6,8-15,18,23H,5,7,16H2,1-2H3/t18-,23+/m0/s1. The van der Waals surface area contributed by atoms with E-state index in [1.165, 1.54) is 11.1 Å². The molecule has 0 saturated heterocycles. The third kappa shape index (κ3) is 4.03. The maximum atomic E-state index is 14.7. The molecule has 0 aromatic heterocycles. The van der Waals surface area contributed by atoms with Crippen LogP contribution in [0.5, 0.6) is 0 Å². The maximum Gasteiger partial charge on any atom is 0.150 e. The van der Waals surface area contributed by atoms with Crippen LogP contribution in [0.1, 0.15) is 48.2 Å². The van der Waals surface area contributed by atoms with Gasteiger partial charge in [0.05, 0.1) is 0 Å². The SMILES string of the molecule is Cc1ccc([C@@H](F)c2ccc(C[C@H](C)C3=CC=CCC3)cc2)cc1. The van der Waals surface area contributed by atoms with Crippen LogP contribution in [0.25, 0.3) is 0 Å². The van der Waals surface area contributed by atoms with Crippen molar-refractivity contribution < 1.29 is 4.39 Å². The number of hydrogen-bond acceptors (Lipinski definition) is 0. The van der Waals surface area contributed by atoms with Crippen molar-refractivity contribution in [1.29, 1.82) is 0 Å². The Balaban J connectivity index is 1.67. The van der Waals surface area contributed by atoms with E-state index in [9.17, 15) is 4.39 Å². The number of halogens is 1. The predicted molar refractivity (Wildman–Crippen MR) is 99.9 cm³/mol. The molecule has 0 saturated carbocycles. The molecule has 0 nitrogen and oxygen atoms in total. The van der Waals surface area contributed by atoms with E-state index in [4.69, 9.17) is 0 Å². The summed E-state index contributed by atoms with van der Waals surface area (Å²) in [6, 6.07) is 15.7. The van der Waals surface area contributed by atoms with Crippen molar-refractivity contribution in [2.45, 2.75) is 39.3 Å². The fourth-order valence-electron chi connectivity index (χ4n) is 3.27. The zero-order chi connectivity index (χ0) is 16.9. The van der Waals surface area contributed by atoms with E-state index < -0.39 is 6.17 Å². The zero-order valence-electron chi connectivity index (χ0n) is 14.5. The van der Waals surface area contributed by atoms with Gasteiger partial charge in [-0.05, 0) is 48.8 Å². The van der Waals surface area contributed by atoms with Crippen molar-refractivity contribution in [3.63, 3.8) is 0 Å². The fraction of sp³-hybridized carbons (Fsp3) is 0.304. The molecule has 0 unspecified atom stereocenters. The summed E-state index contributed by atoms with van der Waals surface area (Å²) in [7, 11) is 0. The molecular formula is C23H25F. The first-order valence-corrected chi connectivity index (χ1v) is 8.78. The van der Waals surface area contributed by atoms with E-state index in [1.807, 2.05) is 43.3 Å². The molecule has 2 atom stereocenters. The van der Waals surface area contributed by atoms with Crippen LogP contribution in [0.2, 0.25) is 0 Å². The van der Waals surface area contributed by atoms with Crippen LogP contribution in [0.15, 0.2) is 72.3 Å². The lowest BCUT2D eigenvalue weighted by Gasteiger charge is -2.18. The van der Waals surface area contributed by atoms with Crippen molar-refractivity contribution in [1.82, 2.24) is 0 Å². The summed E-state index contributed by atoms with van der Waals surface area (Å²) in [4.78, 5) is 0. The monoisotopic (exact) mass is 320 g/mol. The van der Waals surface area contributed by atoms with Gasteiger partial charge in [-0.15, -0.1) is 0 Å².